The number of ether oxygens (including phenoxy) is 1. The standard InChI is InChI=1S/C18H18N2O4S2/c1-24-12-11-20-15-5-3-4-6-16(15)25-18(20)19-17(21)13-7-9-14(10-8-13)26(2,22)23/h3-10H,11-12H2,1-2H3. The van der Waals surface area contributed by atoms with E-state index in [1.54, 1.807) is 7.11 Å². The van der Waals surface area contributed by atoms with E-state index < -0.39 is 15.7 Å². The number of sulfone groups is 1. The van der Waals surface area contributed by atoms with Gasteiger partial charge in [-0.25, -0.2) is 8.42 Å². The van der Waals surface area contributed by atoms with E-state index in [-0.39, 0.29) is 4.90 Å². The van der Waals surface area contributed by atoms with Crippen LogP contribution >= 0.6 is 11.3 Å². The number of methoxy groups -OCH3 is 1. The van der Waals surface area contributed by atoms with E-state index in [4.69, 9.17) is 4.74 Å². The Bertz CT molecular complexity index is 1110. The van der Waals surface area contributed by atoms with Crippen molar-refractivity contribution >= 4 is 37.3 Å². The maximum Gasteiger partial charge on any atom is 0.279 e. The summed E-state index contributed by atoms with van der Waals surface area (Å²) in [5.41, 5.74) is 1.33. The number of amides is 1. The van der Waals surface area contributed by atoms with Crippen LogP contribution in [-0.2, 0) is 21.1 Å². The molecule has 0 unspecified atom stereocenters. The Hall–Kier alpha value is -2.29. The topological polar surface area (TPSA) is 77.7 Å². The van der Waals surface area contributed by atoms with Crippen LogP contribution in [0.5, 0.6) is 0 Å². The minimum atomic E-state index is -3.30. The molecule has 136 valence electrons. The summed E-state index contributed by atoms with van der Waals surface area (Å²) < 4.78 is 31.2. The first-order valence-electron chi connectivity index (χ1n) is 7.86. The lowest BCUT2D eigenvalue weighted by atomic mass is 10.2. The summed E-state index contributed by atoms with van der Waals surface area (Å²) in [6.45, 7) is 1.09. The largest absolute Gasteiger partial charge is 0.383 e. The summed E-state index contributed by atoms with van der Waals surface area (Å²) >= 11 is 1.43. The molecule has 6 nitrogen and oxygen atoms in total. The average Bonchev–Trinajstić information content (AvgIpc) is 2.96. The first-order chi connectivity index (χ1) is 12.4. The quantitative estimate of drug-likeness (QED) is 0.671. The van der Waals surface area contributed by atoms with Gasteiger partial charge in [0.05, 0.1) is 21.7 Å². The number of aromatic nitrogens is 1. The number of nitrogens with zero attached hydrogens (tertiary/aromatic N) is 2. The molecule has 26 heavy (non-hydrogen) atoms. The second-order valence-electron chi connectivity index (χ2n) is 5.71. The van der Waals surface area contributed by atoms with Crippen molar-refractivity contribution in [3.8, 4) is 0 Å². The minimum absolute atomic E-state index is 0.172. The summed E-state index contributed by atoms with van der Waals surface area (Å²) in [5.74, 6) is -0.414. The van der Waals surface area contributed by atoms with Gasteiger partial charge in [0.1, 0.15) is 0 Å². The van der Waals surface area contributed by atoms with Crippen LogP contribution < -0.4 is 4.80 Å². The zero-order valence-corrected chi connectivity index (χ0v) is 16.0. The van der Waals surface area contributed by atoms with Crippen LogP contribution in [0.3, 0.4) is 0 Å². The van der Waals surface area contributed by atoms with Gasteiger partial charge < -0.3 is 9.30 Å². The van der Waals surface area contributed by atoms with Gasteiger partial charge in [0.25, 0.3) is 5.91 Å². The van der Waals surface area contributed by atoms with Crippen molar-refractivity contribution < 1.29 is 17.9 Å². The molecule has 0 aliphatic rings. The minimum Gasteiger partial charge on any atom is -0.383 e. The summed E-state index contributed by atoms with van der Waals surface area (Å²) in [6.07, 6.45) is 1.13. The number of rotatable bonds is 5. The number of para-hydroxylation sites is 1. The molecular weight excluding hydrogens is 372 g/mol. The highest BCUT2D eigenvalue weighted by Gasteiger charge is 2.11. The van der Waals surface area contributed by atoms with E-state index >= 15 is 0 Å². The second-order valence-corrected chi connectivity index (χ2v) is 8.74. The molecule has 2 aromatic carbocycles. The van der Waals surface area contributed by atoms with Crippen molar-refractivity contribution in [2.24, 2.45) is 4.99 Å². The molecule has 3 rings (SSSR count). The monoisotopic (exact) mass is 390 g/mol. The Morgan fingerprint density at radius 3 is 2.50 bits per heavy atom. The molecule has 0 aliphatic heterocycles. The van der Waals surface area contributed by atoms with E-state index in [1.807, 2.05) is 28.8 Å². The molecule has 0 saturated heterocycles. The Labute approximate surface area is 155 Å². The van der Waals surface area contributed by atoms with Crippen molar-refractivity contribution in [3.05, 3.63) is 58.9 Å². The Morgan fingerprint density at radius 2 is 1.85 bits per heavy atom. The first-order valence-corrected chi connectivity index (χ1v) is 10.6. The predicted molar refractivity (Wildman–Crippen MR) is 101 cm³/mol. The van der Waals surface area contributed by atoms with Crippen molar-refractivity contribution in [1.82, 2.24) is 4.57 Å². The predicted octanol–water partition coefficient (Wildman–Crippen LogP) is 2.49. The van der Waals surface area contributed by atoms with Crippen LogP contribution in [-0.4, -0.2) is 38.9 Å². The molecule has 0 saturated carbocycles. The molecule has 8 heteroatoms. The van der Waals surface area contributed by atoms with Gasteiger partial charge in [-0.3, -0.25) is 4.79 Å². The number of hydrogen-bond acceptors (Lipinski definition) is 5. The Balaban J connectivity index is 2.02. The number of hydrogen-bond donors (Lipinski definition) is 0. The molecular formula is C18H18N2O4S2. The molecule has 0 bridgehead atoms. The third-order valence-corrected chi connectivity index (χ3v) is 6.02. The molecule has 0 N–H and O–H groups in total. The van der Waals surface area contributed by atoms with Crippen LogP contribution in [0.25, 0.3) is 10.2 Å². The summed E-state index contributed by atoms with van der Waals surface area (Å²) in [4.78, 5) is 17.5. The Kier molecular flexibility index (Phi) is 5.36. The Morgan fingerprint density at radius 1 is 1.15 bits per heavy atom. The third kappa shape index (κ3) is 3.92. The normalized spacial score (nSPS) is 12.6. The second kappa shape index (κ2) is 7.53. The first kappa shape index (κ1) is 18.5. The molecule has 1 heterocycles. The number of fused-ring (bicyclic) bond motifs is 1. The van der Waals surface area contributed by atoms with Gasteiger partial charge in [0, 0.05) is 25.5 Å². The van der Waals surface area contributed by atoms with Crippen molar-refractivity contribution in [3.63, 3.8) is 0 Å². The number of carbonyl (C=O) groups is 1. The van der Waals surface area contributed by atoms with Crippen LogP contribution in [0.1, 0.15) is 10.4 Å². The van der Waals surface area contributed by atoms with Gasteiger partial charge in [-0.1, -0.05) is 23.5 Å². The molecule has 0 spiro atoms. The average molecular weight is 390 g/mol. The van der Waals surface area contributed by atoms with Gasteiger partial charge in [0.15, 0.2) is 14.6 Å². The lowest BCUT2D eigenvalue weighted by Gasteiger charge is -2.04. The highest BCUT2D eigenvalue weighted by molar-refractivity contribution is 7.90. The number of benzene rings is 2. The highest BCUT2D eigenvalue weighted by Crippen LogP contribution is 2.17. The van der Waals surface area contributed by atoms with Crippen molar-refractivity contribution in [1.29, 1.82) is 0 Å². The lowest BCUT2D eigenvalue weighted by molar-refractivity contribution is 0.0997. The van der Waals surface area contributed by atoms with Crippen molar-refractivity contribution in [2.45, 2.75) is 11.4 Å². The molecule has 0 atom stereocenters. The summed E-state index contributed by atoms with van der Waals surface area (Å²) in [5, 5.41) is 0. The van der Waals surface area contributed by atoms with E-state index in [9.17, 15) is 13.2 Å². The van der Waals surface area contributed by atoms with E-state index in [0.29, 0.717) is 23.5 Å². The van der Waals surface area contributed by atoms with E-state index in [1.165, 1.54) is 35.6 Å². The van der Waals surface area contributed by atoms with E-state index in [0.717, 1.165) is 16.5 Å². The third-order valence-electron chi connectivity index (χ3n) is 3.83. The van der Waals surface area contributed by atoms with Gasteiger partial charge in [-0.05, 0) is 36.4 Å². The maximum atomic E-state index is 12.5. The zero-order chi connectivity index (χ0) is 18.7. The fourth-order valence-corrected chi connectivity index (χ4v) is 4.19. The van der Waals surface area contributed by atoms with Gasteiger partial charge in [0.2, 0.25) is 0 Å². The molecule has 1 aromatic heterocycles. The number of carbonyl (C=O) groups excluding carboxylic acids is 1. The van der Waals surface area contributed by atoms with Gasteiger partial charge >= 0.3 is 0 Å². The maximum absolute atomic E-state index is 12.5. The molecule has 0 radical (unpaired) electrons. The van der Waals surface area contributed by atoms with Crippen LogP contribution in [0.2, 0.25) is 0 Å². The molecule has 0 aliphatic carbocycles. The zero-order valence-electron chi connectivity index (χ0n) is 14.4. The SMILES string of the molecule is COCCn1c(=NC(=O)c2ccc(S(C)(=O)=O)cc2)sc2ccccc21. The van der Waals surface area contributed by atoms with E-state index in [2.05, 4.69) is 4.99 Å². The highest BCUT2D eigenvalue weighted by atomic mass is 32.2. The molecule has 3 aromatic rings. The van der Waals surface area contributed by atoms with Crippen LogP contribution in [0.4, 0.5) is 0 Å². The van der Waals surface area contributed by atoms with Crippen molar-refractivity contribution in [2.75, 3.05) is 20.0 Å². The summed E-state index contributed by atoms with van der Waals surface area (Å²) in [7, 11) is -1.67. The van der Waals surface area contributed by atoms with Crippen LogP contribution in [0.15, 0.2) is 58.4 Å². The fourth-order valence-electron chi connectivity index (χ4n) is 2.50. The number of thiazole rings is 1. The molecule has 0 fully saturated rings. The molecule has 1 amide bonds. The smallest absolute Gasteiger partial charge is 0.279 e. The van der Waals surface area contributed by atoms with Gasteiger partial charge in [-0.2, -0.15) is 4.99 Å². The fraction of sp³-hybridized carbons (Fsp3) is 0.222. The van der Waals surface area contributed by atoms with Gasteiger partial charge in [-0.15, -0.1) is 0 Å². The lowest BCUT2D eigenvalue weighted by Crippen LogP contribution is -2.19. The summed E-state index contributed by atoms with van der Waals surface area (Å²) in [6, 6.07) is 13.6. The van der Waals surface area contributed by atoms with Crippen LogP contribution in [0, 0.1) is 0 Å².